The Morgan fingerprint density at radius 2 is 1.79 bits per heavy atom. The summed E-state index contributed by atoms with van der Waals surface area (Å²) in [5.74, 6) is 0.856. The molecule has 0 aromatic carbocycles. The molecular formula is C19H35IN4O3S. The van der Waals surface area contributed by atoms with Crippen LogP contribution in [0.25, 0.3) is 0 Å². The van der Waals surface area contributed by atoms with Gasteiger partial charge in [0.2, 0.25) is 5.91 Å². The van der Waals surface area contributed by atoms with Crippen molar-refractivity contribution in [2.45, 2.75) is 68.6 Å². The molecule has 1 heterocycles. The molecule has 1 amide bonds. The van der Waals surface area contributed by atoms with E-state index in [1.54, 1.807) is 19.0 Å². The van der Waals surface area contributed by atoms with Gasteiger partial charge in [-0.3, -0.25) is 4.79 Å². The fraction of sp³-hybridized carbons (Fsp3) is 0.895. The Hall–Kier alpha value is -0.580. The monoisotopic (exact) mass is 526 g/mol. The van der Waals surface area contributed by atoms with Crippen molar-refractivity contribution in [3.63, 3.8) is 0 Å². The van der Waals surface area contributed by atoms with Gasteiger partial charge in [-0.25, -0.2) is 13.4 Å². The van der Waals surface area contributed by atoms with E-state index < -0.39 is 14.6 Å². The van der Waals surface area contributed by atoms with Gasteiger partial charge in [-0.2, -0.15) is 0 Å². The average molecular weight is 526 g/mol. The van der Waals surface area contributed by atoms with E-state index in [9.17, 15) is 13.2 Å². The molecule has 1 spiro atoms. The third-order valence-electron chi connectivity index (χ3n) is 6.38. The van der Waals surface area contributed by atoms with Crippen molar-refractivity contribution in [2.75, 3.05) is 39.5 Å². The van der Waals surface area contributed by atoms with Crippen LogP contribution in [0.15, 0.2) is 4.99 Å². The lowest BCUT2D eigenvalue weighted by molar-refractivity contribution is -0.127. The van der Waals surface area contributed by atoms with E-state index >= 15 is 0 Å². The van der Waals surface area contributed by atoms with E-state index in [1.807, 2.05) is 0 Å². The number of guanidine groups is 1. The number of rotatable bonds is 3. The second-order valence-corrected chi connectivity index (χ2v) is 11.0. The number of hydrogen-bond acceptors (Lipinski definition) is 4. The molecule has 0 atom stereocenters. The van der Waals surface area contributed by atoms with E-state index in [-0.39, 0.29) is 42.2 Å². The van der Waals surface area contributed by atoms with E-state index in [4.69, 9.17) is 0 Å². The minimum atomic E-state index is -3.08. The number of halogens is 1. The summed E-state index contributed by atoms with van der Waals surface area (Å²) in [6.07, 6.45) is 9.22. The molecular weight excluding hydrogens is 491 g/mol. The number of sulfone groups is 1. The molecule has 1 aliphatic heterocycles. The lowest BCUT2D eigenvalue weighted by Gasteiger charge is -2.45. The summed E-state index contributed by atoms with van der Waals surface area (Å²) in [5, 5.41) is 3.54. The zero-order chi connectivity index (χ0) is 19.5. The molecule has 162 valence electrons. The van der Waals surface area contributed by atoms with Crippen molar-refractivity contribution in [1.29, 1.82) is 0 Å². The van der Waals surface area contributed by atoms with E-state index in [0.29, 0.717) is 19.1 Å². The van der Waals surface area contributed by atoms with Crippen molar-refractivity contribution in [1.82, 2.24) is 15.1 Å². The predicted molar refractivity (Wildman–Crippen MR) is 123 cm³/mol. The Balaban J connectivity index is 0.00000280. The standard InChI is InChI=1S/C19H34N4O3S.HI/c1-22(2)17(24)14-20-18(21-16-8-4-5-9-16)23-12-13-27(25,26)19(15-23)10-6-3-7-11-19;/h16H,3-15H2,1-2H3,(H,20,21);1H. The van der Waals surface area contributed by atoms with Gasteiger partial charge in [-0.05, 0) is 25.7 Å². The highest BCUT2D eigenvalue weighted by molar-refractivity contribution is 14.0. The largest absolute Gasteiger partial charge is 0.353 e. The van der Waals surface area contributed by atoms with Crippen LogP contribution in [-0.2, 0) is 14.6 Å². The maximum atomic E-state index is 12.9. The number of nitrogens with one attached hydrogen (secondary N) is 1. The Kier molecular flexibility index (Phi) is 8.42. The van der Waals surface area contributed by atoms with Crippen molar-refractivity contribution in [3.05, 3.63) is 0 Å². The first-order valence-corrected chi connectivity index (χ1v) is 12.0. The van der Waals surface area contributed by atoms with E-state index in [0.717, 1.165) is 50.9 Å². The minimum absolute atomic E-state index is 0. The molecule has 1 N–H and O–H groups in total. The third kappa shape index (κ3) is 5.31. The van der Waals surface area contributed by atoms with Gasteiger partial charge < -0.3 is 15.1 Å². The zero-order valence-corrected chi connectivity index (χ0v) is 20.3. The Morgan fingerprint density at radius 1 is 1.14 bits per heavy atom. The van der Waals surface area contributed by atoms with Gasteiger partial charge in [-0.1, -0.05) is 32.1 Å². The second kappa shape index (κ2) is 9.95. The molecule has 0 aromatic heterocycles. The SMILES string of the molecule is CN(C)C(=O)CN=C(NC1CCCC1)N1CCS(=O)(=O)C2(CCCCC2)C1.I. The highest BCUT2D eigenvalue weighted by atomic mass is 127. The van der Waals surface area contributed by atoms with Crippen LogP contribution in [0.4, 0.5) is 0 Å². The molecule has 3 fully saturated rings. The molecule has 7 nitrogen and oxygen atoms in total. The average Bonchev–Trinajstić information content (AvgIpc) is 3.15. The molecule has 0 aromatic rings. The second-order valence-electron chi connectivity index (χ2n) is 8.54. The van der Waals surface area contributed by atoms with Crippen LogP contribution >= 0.6 is 24.0 Å². The molecule has 9 heteroatoms. The minimum Gasteiger partial charge on any atom is -0.353 e. The van der Waals surface area contributed by atoms with E-state index in [1.165, 1.54) is 12.8 Å². The highest BCUT2D eigenvalue weighted by Gasteiger charge is 2.49. The van der Waals surface area contributed by atoms with Gasteiger partial charge >= 0.3 is 0 Å². The van der Waals surface area contributed by atoms with Crippen molar-refractivity contribution in [3.8, 4) is 0 Å². The number of aliphatic imine (C=N–C) groups is 1. The van der Waals surface area contributed by atoms with Crippen LogP contribution in [0, 0.1) is 0 Å². The first kappa shape index (κ1) is 23.7. The number of likely N-dealkylation sites (N-methyl/N-ethyl adjacent to an activating group) is 1. The van der Waals surface area contributed by atoms with Crippen molar-refractivity contribution in [2.24, 2.45) is 4.99 Å². The Morgan fingerprint density at radius 3 is 2.39 bits per heavy atom. The molecule has 3 rings (SSSR count). The Labute approximate surface area is 186 Å². The quantitative estimate of drug-likeness (QED) is 0.346. The normalized spacial score (nSPS) is 24.6. The van der Waals surface area contributed by atoms with Crippen LogP contribution in [0.5, 0.6) is 0 Å². The van der Waals surface area contributed by atoms with Crippen LogP contribution in [0.1, 0.15) is 57.8 Å². The molecule has 0 bridgehead atoms. The van der Waals surface area contributed by atoms with Gasteiger partial charge in [-0.15, -0.1) is 24.0 Å². The number of nitrogens with zero attached hydrogens (tertiary/aromatic N) is 3. The van der Waals surface area contributed by atoms with E-state index in [2.05, 4.69) is 15.2 Å². The maximum absolute atomic E-state index is 12.9. The molecule has 2 aliphatic carbocycles. The molecule has 28 heavy (non-hydrogen) atoms. The number of carbonyl (C=O) groups is 1. The molecule has 0 radical (unpaired) electrons. The maximum Gasteiger partial charge on any atom is 0.243 e. The summed E-state index contributed by atoms with van der Waals surface area (Å²) in [7, 11) is 0.373. The summed E-state index contributed by atoms with van der Waals surface area (Å²) in [4.78, 5) is 20.3. The van der Waals surface area contributed by atoms with Crippen LogP contribution < -0.4 is 5.32 Å². The molecule has 2 saturated carbocycles. The summed E-state index contributed by atoms with van der Waals surface area (Å²) in [5.41, 5.74) is 0. The third-order valence-corrected chi connectivity index (χ3v) is 8.96. The van der Waals surface area contributed by atoms with Crippen LogP contribution in [0.2, 0.25) is 0 Å². The predicted octanol–water partition coefficient (Wildman–Crippen LogP) is 2.01. The van der Waals surface area contributed by atoms with Gasteiger partial charge in [0.15, 0.2) is 15.8 Å². The molecule has 0 unspecified atom stereocenters. The summed E-state index contributed by atoms with van der Waals surface area (Å²) < 4.78 is 25.1. The van der Waals surface area contributed by atoms with Gasteiger partial charge in [0, 0.05) is 33.2 Å². The first-order valence-electron chi connectivity index (χ1n) is 10.3. The summed E-state index contributed by atoms with van der Waals surface area (Å²) in [6.45, 7) is 1.06. The van der Waals surface area contributed by atoms with Gasteiger partial charge in [0.05, 0.1) is 10.5 Å². The zero-order valence-electron chi connectivity index (χ0n) is 17.2. The topological polar surface area (TPSA) is 82.1 Å². The number of hydrogen-bond donors (Lipinski definition) is 1. The fourth-order valence-electron chi connectivity index (χ4n) is 4.59. The first-order chi connectivity index (χ1) is 12.8. The Bertz CT molecular complexity index is 669. The number of amides is 1. The lowest BCUT2D eigenvalue weighted by atomic mass is 9.87. The van der Waals surface area contributed by atoms with Gasteiger partial charge in [0.1, 0.15) is 6.54 Å². The highest BCUT2D eigenvalue weighted by Crippen LogP contribution is 2.38. The smallest absolute Gasteiger partial charge is 0.243 e. The molecule has 1 saturated heterocycles. The van der Waals surface area contributed by atoms with Crippen LogP contribution in [0.3, 0.4) is 0 Å². The summed E-state index contributed by atoms with van der Waals surface area (Å²) >= 11 is 0. The molecule has 3 aliphatic rings. The lowest BCUT2D eigenvalue weighted by Crippen LogP contribution is -2.61. The van der Waals surface area contributed by atoms with Crippen LogP contribution in [-0.4, -0.2) is 80.4 Å². The van der Waals surface area contributed by atoms with Gasteiger partial charge in [0.25, 0.3) is 0 Å². The number of carbonyl (C=O) groups excluding carboxylic acids is 1. The summed E-state index contributed by atoms with van der Waals surface area (Å²) in [6, 6.07) is 0.374. The van der Waals surface area contributed by atoms with Crippen molar-refractivity contribution >= 4 is 45.7 Å². The van der Waals surface area contributed by atoms with Crippen molar-refractivity contribution < 1.29 is 13.2 Å². The fourth-order valence-corrected chi connectivity index (χ4v) is 6.75.